The van der Waals surface area contributed by atoms with E-state index in [2.05, 4.69) is 15.3 Å². The number of halogens is 2. The fourth-order valence-corrected chi connectivity index (χ4v) is 2.81. The maximum absolute atomic E-state index is 11.4. The summed E-state index contributed by atoms with van der Waals surface area (Å²) in [4.78, 5) is 20.0. The van der Waals surface area contributed by atoms with Crippen molar-refractivity contribution in [2.45, 2.75) is 25.5 Å². The summed E-state index contributed by atoms with van der Waals surface area (Å²) in [5.74, 6) is 0.471. The molecule has 0 amide bonds. The van der Waals surface area contributed by atoms with Gasteiger partial charge in [-0.15, -0.1) is 0 Å². The molecule has 0 saturated carbocycles. The molecule has 0 unspecified atom stereocenters. The van der Waals surface area contributed by atoms with E-state index in [-0.39, 0.29) is 11.7 Å². The van der Waals surface area contributed by atoms with E-state index in [0.717, 1.165) is 11.1 Å². The number of anilines is 1. The molecule has 2 rings (SSSR count). The minimum atomic E-state index is -0.307. The van der Waals surface area contributed by atoms with E-state index in [9.17, 15) is 4.79 Å². The Kier molecular flexibility index (Phi) is 7.15. The van der Waals surface area contributed by atoms with Gasteiger partial charge in [-0.2, -0.15) is 0 Å². The summed E-state index contributed by atoms with van der Waals surface area (Å²) in [5, 5.41) is 4.71. The molecule has 0 radical (unpaired) electrons. The Hall–Kier alpha value is -1.50. The van der Waals surface area contributed by atoms with Crippen LogP contribution >= 0.6 is 35.0 Å². The van der Waals surface area contributed by atoms with Crippen LogP contribution in [-0.4, -0.2) is 28.3 Å². The van der Waals surface area contributed by atoms with Crippen LogP contribution in [0.15, 0.2) is 29.4 Å². The highest BCUT2D eigenvalue weighted by Crippen LogP contribution is 2.25. The predicted octanol–water partition coefficient (Wildman–Crippen LogP) is 4.36. The fraction of sp³-hybridized carbons (Fsp3) is 0.312. The highest BCUT2D eigenvalue weighted by atomic mass is 35.5. The summed E-state index contributed by atoms with van der Waals surface area (Å²) in [6.45, 7) is 4.53. The molecule has 0 atom stereocenters. The molecule has 0 aliphatic rings. The third-order valence-electron chi connectivity index (χ3n) is 3.06. The van der Waals surface area contributed by atoms with Gasteiger partial charge < -0.3 is 10.1 Å². The summed E-state index contributed by atoms with van der Waals surface area (Å²) in [7, 11) is 0. The fourth-order valence-electron chi connectivity index (χ4n) is 1.82. The van der Waals surface area contributed by atoms with Crippen molar-refractivity contribution < 1.29 is 9.53 Å². The van der Waals surface area contributed by atoms with Crippen molar-refractivity contribution >= 4 is 46.8 Å². The predicted molar refractivity (Wildman–Crippen MR) is 97.9 cm³/mol. The lowest BCUT2D eigenvalue weighted by Gasteiger charge is -2.11. The van der Waals surface area contributed by atoms with Crippen LogP contribution in [0.1, 0.15) is 18.1 Å². The van der Waals surface area contributed by atoms with Crippen LogP contribution in [0.25, 0.3) is 0 Å². The number of aromatic nitrogens is 2. The summed E-state index contributed by atoms with van der Waals surface area (Å²) in [6, 6.07) is 7.53. The summed E-state index contributed by atoms with van der Waals surface area (Å²) in [5.41, 5.74) is 1.82. The quantitative estimate of drug-likeness (QED) is 0.330. The Morgan fingerprint density at radius 3 is 2.62 bits per heavy atom. The standard InChI is InChI=1S/C16H17Cl2N3O2S/c1-3-23-13(22)9-24-16-20-14(18)10(2)15(21-16)19-8-11-4-6-12(17)7-5-11/h4-7H,3,8-9H2,1-2H3,(H,19,20,21). The van der Waals surface area contributed by atoms with Crippen molar-refractivity contribution in [3.05, 3.63) is 45.6 Å². The maximum atomic E-state index is 11.4. The van der Waals surface area contributed by atoms with Crippen LogP contribution in [0.2, 0.25) is 10.2 Å². The molecule has 1 aromatic heterocycles. The molecule has 0 bridgehead atoms. The largest absolute Gasteiger partial charge is 0.465 e. The lowest BCUT2D eigenvalue weighted by molar-refractivity contribution is -0.139. The van der Waals surface area contributed by atoms with Gasteiger partial charge in [0.25, 0.3) is 0 Å². The Morgan fingerprint density at radius 2 is 1.96 bits per heavy atom. The van der Waals surface area contributed by atoms with Gasteiger partial charge in [0.15, 0.2) is 5.16 Å². The van der Waals surface area contributed by atoms with E-state index >= 15 is 0 Å². The summed E-state index contributed by atoms with van der Waals surface area (Å²) in [6.07, 6.45) is 0. The first kappa shape index (κ1) is 18.8. The smallest absolute Gasteiger partial charge is 0.316 e. The van der Waals surface area contributed by atoms with Gasteiger partial charge in [-0.1, -0.05) is 47.1 Å². The van der Waals surface area contributed by atoms with Crippen molar-refractivity contribution in [2.24, 2.45) is 0 Å². The highest BCUT2D eigenvalue weighted by molar-refractivity contribution is 7.99. The van der Waals surface area contributed by atoms with E-state index in [1.54, 1.807) is 6.92 Å². The summed E-state index contributed by atoms with van der Waals surface area (Å²) < 4.78 is 4.89. The van der Waals surface area contributed by atoms with Gasteiger partial charge in [0.2, 0.25) is 0 Å². The van der Waals surface area contributed by atoms with Gasteiger partial charge in [-0.25, -0.2) is 9.97 Å². The number of nitrogens with zero attached hydrogens (tertiary/aromatic N) is 2. The number of hydrogen-bond acceptors (Lipinski definition) is 6. The minimum absolute atomic E-state index is 0.143. The molecule has 0 aliphatic heterocycles. The lowest BCUT2D eigenvalue weighted by atomic mass is 10.2. The second-order valence-electron chi connectivity index (χ2n) is 4.84. The zero-order valence-corrected chi connectivity index (χ0v) is 15.6. The van der Waals surface area contributed by atoms with E-state index < -0.39 is 0 Å². The van der Waals surface area contributed by atoms with Gasteiger partial charge in [-0.3, -0.25) is 4.79 Å². The topological polar surface area (TPSA) is 64.1 Å². The SMILES string of the molecule is CCOC(=O)CSc1nc(Cl)c(C)c(NCc2ccc(Cl)cc2)n1. The summed E-state index contributed by atoms with van der Waals surface area (Å²) >= 11 is 13.2. The Balaban J connectivity index is 2.05. The van der Waals surface area contributed by atoms with Gasteiger partial charge in [0.1, 0.15) is 11.0 Å². The molecule has 128 valence electrons. The number of ether oxygens (including phenoxy) is 1. The molecule has 1 N–H and O–H groups in total. The third-order valence-corrected chi connectivity index (χ3v) is 4.50. The molecule has 5 nitrogen and oxygen atoms in total. The van der Waals surface area contributed by atoms with Crippen LogP contribution in [0, 0.1) is 6.92 Å². The third kappa shape index (κ3) is 5.54. The molecule has 1 heterocycles. The average Bonchev–Trinajstić information content (AvgIpc) is 2.56. The highest BCUT2D eigenvalue weighted by Gasteiger charge is 2.12. The Morgan fingerprint density at radius 1 is 1.25 bits per heavy atom. The first-order valence-corrected chi connectivity index (χ1v) is 9.04. The zero-order chi connectivity index (χ0) is 17.5. The number of esters is 1. The number of benzene rings is 1. The van der Waals surface area contributed by atoms with Gasteiger partial charge in [-0.05, 0) is 31.5 Å². The molecule has 1 aromatic carbocycles. The minimum Gasteiger partial charge on any atom is -0.465 e. The number of hydrogen-bond donors (Lipinski definition) is 1. The first-order valence-electron chi connectivity index (χ1n) is 7.30. The van der Waals surface area contributed by atoms with Gasteiger partial charge >= 0.3 is 5.97 Å². The second kappa shape index (κ2) is 9.11. The zero-order valence-electron chi connectivity index (χ0n) is 13.3. The van der Waals surface area contributed by atoms with Gasteiger partial charge in [0, 0.05) is 17.1 Å². The molecular weight excluding hydrogens is 369 g/mol. The Bertz CT molecular complexity index is 711. The molecule has 0 aliphatic carbocycles. The van der Waals surface area contributed by atoms with E-state index in [4.69, 9.17) is 27.9 Å². The second-order valence-corrected chi connectivity index (χ2v) is 6.58. The van der Waals surface area contributed by atoms with Crippen LogP contribution in [0.4, 0.5) is 5.82 Å². The maximum Gasteiger partial charge on any atom is 0.316 e. The molecule has 0 spiro atoms. The van der Waals surface area contributed by atoms with E-state index in [1.165, 1.54) is 11.8 Å². The number of carbonyl (C=O) groups is 1. The first-order chi connectivity index (χ1) is 11.5. The van der Waals surface area contributed by atoms with Crippen LogP contribution in [0.5, 0.6) is 0 Å². The normalized spacial score (nSPS) is 10.5. The van der Waals surface area contributed by atoms with Crippen molar-refractivity contribution in [2.75, 3.05) is 17.7 Å². The van der Waals surface area contributed by atoms with Crippen LogP contribution in [0.3, 0.4) is 0 Å². The van der Waals surface area contributed by atoms with Crippen LogP contribution < -0.4 is 5.32 Å². The number of thioether (sulfide) groups is 1. The lowest BCUT2D eigenvalue weighted by Crippen LogP contribution is -2.09. The van der Waals surface area contributed by atoms with E-state index in [1.807, 2.05) is 31.2 Å². The van der Waals surface area contributed by atoms with Crippen LogP contribution in [-0.2, 0) is 16.1 Å². The van der Waals surface area contributed by atoms with Crippen molar-refractivity contribution in [3.8, 4) is 0 Å². The monoisotopic (exact) mass is 385 g/mol. The Labute approximate surface area is 155 Å². The van der Waals surface area contributed by atoms with Gasteiger partial charge in [0.05, 0.1) is 12.4 Å². The molecule has 8 heteroatoms. The molecular formula is C16H17Cl2N3O2S. The number of nitrogens with one attached hydrogen (secondary N) is 1. The van der Waals surface area contributed by atoms with Crippen molar-refractivity contribution in [3.63, 3.8) is 0 Å². The van der Waals surface area contributed by atoms with Crippen molar-refractivity contribution in [1.29, 1.82) is 0 Å². The number of carbonyl (C=O) groups excluding carboxylic acids is 1. The molecule has 2 aromatic rings. The number of rotatable bonds is 7. The van der Waals surface area contributed by atoms with E-state index in [0.29, 0.717) is 34.3 Å². The average molecular weight is 386 g/mol. The molecule has 0 fully saturated rings. The molecule has 24 heavy (non-hydrogen) atoms. The molecule has 0 saturated heterocycles. The van der Waals surface area contributed by atoms with Crippen molar-refractivity contribution in [1.82, 2.24) is 9.97 Å².